The van der Waals surface area contributed by atoms with Gasteiger partial charge in [0.25, 0.3) is 0 Å². The lowest BCUT2D eigenvalue weighted by atomic mass is 10.0. The number of amides is 1. The Balaban J connectivity index is 1.66. The Kier molecular flexibility index (Phi) is 8.92. The van der Waals surface area contributed by atoms with E-state index in [9.17, 15) is 9.59 Å². The van der Waals surface area contributed by atoms with Crippen LogP contribution in [-0.2, 0) is 19.0 Å². The van der Waals surface area contributed by atoms with E-state index in [1.165, 1.54) is 6.08 Å². The van der Waals surface area contributed by atoms with Crippen molar-refractivity contribution in [3.05, 3.63) is 12.2 Å². The number of likely N-dealkylation sites (N-methyl/N-ethyl adjacent to an activating group) is 1. The highest BCUT2D eigenvalue weighted by Crippen LogP contribution is 2.23. The Morgan fingerprint density at radius 1 is 1.10 bits per heavy atom. The summed E-state index contributed by atoms with van der Waals surface area (Å²) in [5.41, 5.74) is 0. The molecule has 3 saturated heterocycles. The Hall–Kier alpha value is -1.48. The summed E-state index contributed by atoms with van der Waals surface area (Å²) >= 11 is 0. The molecule has 3 fully saturated rings. The molecule has 3 aliphatic heterocycles. The Morgan fingerprint density at radius 2 is 1.72 bits per heavy atom. The molecule has 0 aliphatic carbocycles. The van der Waals surface area contributed by atoms with Gasteiger partial charge in [0.15, 0.2) is 0 Å². The molecule has 0 aromatic carbocycles. The molecule has 29 heavy (non-hydrogen) atoms. The topological polar surface area (TPSA) is 71.6 Å². The maximum Gasteiger partial charge on any atom is 0.410 e. The number of piperazine rings is 1. The second-order valence-electron chi connectivity index (χ2n) is 8.17. The molecule has 3 atom stereocenters. The number of nitrogens with zero attached hydrogens (tertiary/aromatic N) is 3. The minimum absolute atomic E-state index is 0.282. The van der Waals surface area contributed by atoms with Crippen LogP contribution in [0.2, 0.25) is 0 Å². The first-order chi connectivity index (χ1) is 14.2. The van der Waals surface area contributed by atoms with Crippen molar-refractivity contribution in [3.63, 3.8) is 0 Å². The molecule has 8 nitrogen and oxygen atoms in total. The van der Waals surface area contributed by atoms with Gasteiger partial charge in [0, 0.05) is 58.0 Å². The van der Waals surface area contributed by atoms with Gasteiger partial charge in [0.05, 0.1) is 13.2 Å². The monoisotopic (exact) mass is 409 g/mol. The van der Waals surface area contributed by atoms with Crippen LogP contribution in [0.15, 0.2) is 12.2 Å². The Bertz CT molecular complexity index is 520. The average Bonchev–Trinajstić information content (AvgIpc) is 2.77. The Morgan fingerprint density at radius 3 is 2.24 bits per heavy atom. The molecule has 1 amide bonds. The van der Waals surface area contributed by atoms with E-state index in [0.717, 1.165) is 58.3 Å². The molecule has 0 aromatic rings. The van der Waals surface area contributed by atoms with E-state index in [-0.39, 0.29) is 18.2 Å². The largest absolute Gasteiger partial charge is 0.440 e. The number of hydrogen-bond acceptors (Lipinski definition) is 7. The molecule has 0 aromatic heterocycles. The minimum Gasteiger partial charge on any atom is -0.440 e. The maximum atomic E-state index is 12.7. The molecular weight excluding hydrogens is 374 g/mol. The molecule has 0 spiro atoms. The maximum absolute atomic E-state index is 12.7. The SMILES string of the molecule is CN1CCN(C(=O)OC(/C=C/C=O)CN(C2CCCOC2)C2CCCOC2)CC1. The fraction of sp³-hybridized carbons (Fsp3) is 0.810. The van der Waals surface area contributed by atoms with Crippen LogP contribution in [0, 0.1) is 0 Å². The van der Waals surface area contributed by atoms with E-state index in [1.807, 2.05) is 0 Å². The van der Waals surface area contributed by atoms with E-state index in [2.05, 4.69) is 16.8 Å². The summed E-state index contributed by atoms with van der Waals surface area (Å²) in [6.45, 7) is 6.54. The minimum atomic E-state index is -0.476. The van der Waals surface area contributed by atoms with Crippen LogP contribution < -0.4 is 0 Å². The molecule has 0 radical (unpaired) electrons. The van der Waals surface area contributed by atoms with Gasteiger partial charge >= 0.3 is 6.09 Å². The van der Waals surface area contributed by atoms with Crippen molar-refractivity contribution >= 4 is 12.4 Å². The summed E-state index contributed by atoms with van der Waals surface area (Å²) in [7, 11) is 2.05. The molecule has 3 unspecified atom stereocenters. The van der Waals surface area contributed by atoms with Gasteiger partial charge in [0.2, 0.25) is 0 Å². The summed E-state index contributed by atoms with van der Waals surface area (Å²) in [5.74, 6) is 0. The summed E-state index contributed by atoms with van der Waals surface area (Å²) in [6, 6.07) is 0.565. The zero-order valence-corrected chi connectivity index (χ0v) is 17.5. The number of carbonyl (C=O) groups excluding carboxylic acids is 2. The molecule has 164 valence electrons. The summed E-state index contributed by atoms with van der Waals surface area (Å²) < 4.78 is 17.3. The van der Waals surface area contributed by atoms with E-state index < -0.39 is 6.10 Å². The molecule has 8 heteroatoms. The highest BCUT2D eigenvalue weighted by molar-refractivity contribution is 5.69. The number of rotatable bonds is 7. The number of hydrogen-bond donors (Lipinski definition) is 0. The van der Waals surface area contributed by atoms with E-state index in [4.69, 9.17) is 14.2 Å². The standard InChI is InChI=1S/C21H35N3O5/c1-22-8-10-23(11-9-22)21(26)29-20(7-2-12-25)15-24(18-5-3-13-27-16-18)19-6-4-14-28-17-19/h2,7,12,18-20H,3-6,8-11,13-17H2,1H3/b7-2+. The van der Waals surface area contributed by atoms with Crippen molar-refractivity contribution < 1.29 is 23.8 Å². The van der Waals surface area contributed by atoms with Crippen molar-refractivity contribution in [2.45, 2.75) is 43.9 Å². The Labute approximate surface area is 173 Å². The van der Waals surface area contributed by atoms with Crippen molar-refractivity contribution in [3.8, 4) is 0 Å². The highest BCUT2D eigenvalue weighted by atomic mass is 16.6. The first-order valence-electron chi connectivity index (χ1n) is 10.8. The quantitative estimate of drug-likeness (QED) is 0.461. The van der Waals surface area contributed by atoms with Crippen LogP contribution >= 0.6 is 0 Å². The predicted molar refractivity (Wildman–Crippen MR) is 109 cm³/mol. The van der Waals surface area contributed by atoms with Gasteiger partial charge in [-0.05, 0) is 44.9 Å². The number of allylic oxidation sites excluding steroid dienone is 1. The highest BCUT2D eigenvalue weighted by Gasteiger charge is 2.32. The van der Waals surface area contributed by atoms with Gasteiger partial charge in [-0.3, -0.25) is 9.69 Å². The lowest BCUT2D eigenvalue weighted by molar-refractivity contribution is -0.104. The number of ether oxygens (including phenoxy) is 3. The fourth-order valence-electron chi connectivity index (χ4n) is 4.27. The van der Waals surface area contributed by atoms with Gasteiger partial charge in [-0.25, -0.2) is 4.79 Å². The third-order valence-electron chi connectivity index (χ3n) is 6.02. The smallest absolute Gasteiger partial charge is 0.410 e. The van der Waals surface area contributed by atoms with Gasteiger partial charge in [-0.15, -0.1) is 0 Å². The average molecular weight is 410 g/mol. The lowest BCUT2D eigenvalue weighted by Gasteiger charge is -2.42. The molecule has 3 rings (SSSR count). The fourth-order valence-corrected chi connectivity index (χ4v) is 4.27. The third kappa shape index (κ3) is 6.77. The van der Waals surface area contributed by atoms with Crippen LogP contribution in [-0.4, -0.2) is 111 Å². The van der Waals surface area contributed by atoms with E-state index in [1.54, 1.807) is 11.0 Å². The predicted octanol–water partition coefficient (Wildman–Crippen LogP) is 1.15. The van der Waals surface area contributed by atoms with Crippen LogP contribution in [0.5, 0.6) is 0 Å². The van der Waals surface area contributed by atoms with Crippen molar-refractivity contribution in [2.24, 2.45) is 0 Å². The number of aldehydes is 1. The first-order valence-corrected chi connectivity index (χ1v) is 10.8. The molecule has 0 bridgehead atoms. The van der Waals surface area contributed by atoms with Crippen molar-refractivity contribution in [2.75, 3.05) is 66.2 Å². The van der Waals surface area contributed by atoms with Gasteiger partial charge in [0.1, 0.15) is 12.4 Å². The van der Waals surface area contributed by atoms with Gasteiger partial charge < -0.3 is 24.0 Å². The zero-order chi connectivity index (χ0) is 20.5. The van der Waals surface area contributed by atoms with Crippen LogP contribution in [0.1, 0.15) is 25.7 Å². The summed E-state index contributed by atoms with van der Waals surface area (Å²) in [5, 5.41) is 0. The zero-order valence-electron chi connectivity index (χ0n) is 17.5. The first kappa shape index (κ1) is 22.2. The van der Waals surface area contributed by atoms with E-state index in [0.29, 0.717) is 32.8 Å². The normalized spacial score (nSPS) is 27.9. The summed E-state index contributed by atoms with van der Waals surface area (Å²) in [6.07, 6.45) is 7.26. The van der Waals surface area contributed by atoms with Gasteiger partial charge in [-0.1, -0.05) is 0 Å². The molecular formula is C21H35N3O5. The van der Waals surface area contributed by atoms with Gasteiger partial charge in [-0.2, -0.15) is 0 Å². The number of carbonyl (C=O) groups is 2. The molecule has 3 heterocycles. The second-order valence-corrected chi connectivity index (χ2v) is 8.17. The molecule has 0 saturated carbocycles. The van der Waals surface area contributed by atoms with Crippen molar-refractivity contribution in [1.82, 2.24) is 14.7 Å². The molecule has 3 aliphatic rings. The molecule has 0 N–H and O–H groups in total. The van der Waals surface area contributed by atoms with Crippen LogP contribution in [0.3, 0.4) is 0 Å². The van der Waals surface area contributed by atoms with Crippen molar-refractivity contribution in [1.29, 1.82) is 0 Å². The van der Waals surface area contributed by atoms with E-state index >= 15 is 0 Å². The van der Waals surface area contributed by atoms with Crippen LogP contribution in [0.25, 0.3) is 0 Å². The van der Waals surface area contributed by atoms with Crippen LogP contribution in [0.4, 0.5) is 4.79 Å². The summed E-state index contributed by atoms with van der Waals surface area (Å²) in [4.78, 5) is 30.0. The lowest BCUT2D eigenvalue weighted by Crippen LogP contribution is -2.54. The third-order valence-corrected chi connectivity index (χ3v) is 6.02. The second kappa shape index (κ2) is 11.6.